The average Bonchev–Trinajstić information content (AvgIpc) is 2.40. The molecular formula is C14H27NO. The van der Waals surface area contributed by atoms with Gasteiger partial charge in [0.05, 0.1) is 5.60 Å². The highest BCUT2D eigenvalue weighted by atomic mass is 16.3. The van der Waals surface area contributed by atoms with Crippen molar-refractivity contribution in [2.75, 3.05) is 6.54 Å². The Labute approximate surface area is 99.6 Å². The number of aliphatic hydroxyl groups is 1. The summed E-state index contributed by atoms with van der Waals surface area (Å²) < 4.78 is 0. The fourth-order valence-electron chi connectivity index (χ4n) is 3.87. The molecule has 0 amide bonds. The molecule has 94 valence electrons. The monoisotopic (exact) mass is 225 g/mol. The molecule has 0 aromatic carbocycles. The molecular weight excluding hydrogens is 198 g/mol. The van der Waals surface area contributed by atoms with Crippen molar-refractivity contribution in [3.8, 4) is 0 Å². The van der Waals surface area contributed by atoms with E-state index in [9.17, 15) is 5.11 Å². The molecule has 0 radical (unpaired) electrons. The van der Waals surface area contributed by atoms with Crippen molar-refractivity contribution in [1.82, 2.24) is 0 Å². The summed E-state index contributed by atoms with van der Waals surface area (Å²) in [6.07, 6.45) is 12.7. The van der Waals surface area contributed by atoms with Crippen LogP contribution in [0, 0.1) is 11.8 Å². The third kappa shape index (κ3) is 2.43. The molecule has 0 aliphatic heterocycles. The van der Waals surface area contributed by atoms with Crippen molar-refractivity contribution >= 4 is 0 Å². The van der Waals surface area contributed by atoms with Gasteiger partial charge in [-0.2, -0.15) is 0 Å². The second-order valence-electron chi connectivity index (χ2n) is 5.87. The molecule has 2 saturated carbocycles. The Kier molecular flexibility index (Phi) is 4.26. The molecule has 2 heteroatoms. The van der Waals surface area contributed by atoms with Crippen LogP contribution in [0.3, 0.4) is 0 Å². The van der Waals surface area contributed by atoms with Gasteiger partial charge in [0.2, 0.25) is 0 Å². The van der Waals surface area contributed by atoms with Crippen molar-refractivity contribution in [1.29, 1.82) is 0 Å². The molecule has 2 rings (SSSR count). The maximum absolute atomic E-state index is 10.9. The zero-order valence-electron chi connectivity index (χ0n) is 10.5. The first kappa shape index (κ1) is 12.4. The van der Waals surface area contributed by atoms with Crippen molar-refractivity contribution in [3.63, 3.8) is 0 Å². The summed E-state index contributed by atoms with van der Waals surface area (Å²) in [5.74, 6) is 0.962. The molecule has 2 aliphatic carbocycles. The third-order valence-corrected chi connectivity index (χ3v) is 4.95. The van der Waals surface area contributed by atoms with Crippen molar-refractivity contribution in [2.24, 2.45) is 17.6 Å². The van der Waals surface area contributed by atoms with Gasteiger partial charge in [-0.3, -0.25) is 0 Å². The van der Waals surface area contributed by atoms with Gasteiger partial charge >= 0.3 is 0 Å². The van der Waals surface area contributed by atoms with Crippen LogP contribution >= 0.6 is 0 Å². The van der Waals surface area contributed by atoms with Gasteiger partial charge in [-0.25, -0.2) is 0 Å². The van der Waals surface area contributed by atoms with Crippen molar-refractivity contribution in [3.05, 3.63) is 0 Å². The highest BCUT2D eigenvalue weighted by Crippen LogP contribution is 2.42. The average molecular weight is 225 g/mol. The summed E-state index contributed by atoms with van der Waals surface area (Å²) in [4.78, 5) is 0. The van der Waals surface area contributed by atoms with E-state index in [1.165, 1.54) is 64.2 Å². The highest BCUT2D eigenvalue weighted by molar-refractivity contribution is 4.95. The standard InChI is InChI=1S/C14H27NO/c15-11-14(16,12-7-3-1-4-8-12)13-9-5-2-6-10-13/h12-13,16H,1-11,15H2. The van der Waals surface area contributed by atoms with Gasteiger partial charge in [0.1, 0.15) is 0 Å². The van der Waals surface area contributed by atoms with Crippen LogP contribution in [0.1, 0.15) is 64.2 Å². The summed E-state index contributed by atoms with van der Waals surface area (Å²) in [5, 5.41) is 10.9. The lowest BCUT2D eigenvalue weighted by atomic mass is 9.66. The quantitative estimate of drug-likeness (QED) is 0.776. The van der Waals surface area contributed by atoms with E-state index >= 15 is 0 Å². The first-order valence-corrected chi connectivity index (χ1v) is 7.20. The van der Waals surface area contributed by atoms with E-state index in [1.54, 1.807) is 0 Å². The Bertz CT molecular complexity index is 187. The summed E-state index contributed by atoms with van der Waals surface area (Å²) >= 11 is 0. The van der Waals surface area contributed by atoms with Crippen LogP contribution in [0.25, 0.3) is 0 Å². The zero-order chi connectivity index (χ0) is 11.4. The fourth-order valence-corrected chi connectivity index (χ4v) is 3.87. The van der Waals surface area contributed by atoms with E-state index < -0.39 is 5.60 Å². The fraction of sp³-hybridized carbons (Fsp3) is 1.00. The first-order valence-electron chi connectivity index (χ1n) is 7.20. The maximum Gasteiger partial charge on any atom is 0.0825 e. The number of nitrogens with two attached hydrogens (primary N) is 1. The van der Waals surface area contributed by atoms with Crippen LogP contribution in [0.2, 0.25) is 0 Å². The van der Waals surface area contributed by atoms with Gasteiger partial charge in [0.25, 0.3) is 0 Å². The number of rotatable bonds is 3. The smallest absolute Gasteiger partial charge is 0.0825 e. The van der Waals surface area contributed by atoms with Crippen molar-refractivity contribution in [2.45, 2.75) is 69.8 Å². The lowest BCUT2D eigenvalue weighted by Gasteiger charge is -2.44. The van der Waals surface area contributed by atoms with E-state index in [0.717, 1.165) is 0 Å². The Morgan fingerprint density at radius 3 is 1.50 bits per heavy atom. The van der Waals surface area contributed by atoms with Gasteiger partial charge in [-0.05, 0) is 37.5 Å². The van der Waals surface area contributed by atoms with Crippen LogP contribution in [-0.4, -0.2) is 17.3 Å². The van der Waals surface area contributed by atoms with Crippen LogP contribution in [-0.2, 0) is 0 Å². The molecule has 0 bridgehead atoms. The Morgan fingerprint density at radius 2 is 1.19 bits per heavy atom. The van der Waals surface area contributed by atoms with Gasteiger partial charge in [0, 0.05) is 6.54 Å². The van der Waals surface area contributed by atoms with E-state index in [-0.39, 0.29) is 0 Å². The second-order valence-corrected chi connectivity index (χ2v) is 5.87. The van der Waals surface area contributed by atoms with Crippen LogP contribution in [0.5, 0.6) is 0 Å². The lowest BCUT2D eigenvalue weighted by molar-refractivity contribution is -0.0840. The molecule has 0 unspecified atom stereocenters. The molecule has 16 heavy (non-hydrogen) atoms. The lowest BCUT2D eigenvalue weighted by Crippen LogP contribution is -2.52. The molecule has 3 N–H and O–H groups in total. The number of hydrogen-bond donors (Lipinski definition) is 2. The Morgan fingerprint density at radius 1 is 0.812 bits per heavy atom. The topological polar surface area (TPSA) is 46.2 Å². The molecule has 0 spiro atoms. The van der Waals surface area contributed by atoms with E-state index in [4.69, 9.17) is 5.73 Å². The third-order valence-electron chi connectivity index (χ3n) is 4.95. The SMILES string of the molecule is NCC(O)(C1CCCCC1)C1CCCCC1. The molecule has 0 heterocycles. The maximum atomic E-state index is 10.9. The molecule has 0 saturated heterocycles. The van der Waals surface area contributed by atoms with Crippen LogP contribution < -0.4 is 5.73 Å². The largest absolute Gasteiger partial charge is 0.388 e. The van der Waals surface area contributed by atoms with E-state index in [1.807, 2.05) is 0 Å². The predicted molar refractivity (Wildman–Crippen MR) is 67.2 cm³/mol. The molecule has 2 nitrogen and oxygen atoms in total. The highest BCUT2D eigenvalue weighted by Gasteiger charge is 2.42. The number of hydrogen-bond acceptors (Lipinski definition) is 2. The van der Waals surface area contributed by atoms with Gasteiger partial charge < -0.3 is 10.8 Å². The molecule has 0 aromatic heterocycles. The minimum absolute atomic E-state index is 0.475. The predicted octanol–water partition coefficient (Wildman–Crippen LogP) is 2.84. The summed E-state index contributed by atoms with van der Waals surface area (Å²) in [5.41, 5.74) is 5.38. The van der Waals surface area contributed by atoms with Crippen LogP contribution in [0.4, 0.5) is 0 Å². The summed E-state index contributed by atoms with van der Waals surface area (Å²) in [7, 11) is 0. The van der Waals surface area contributed by atoms with E-state index in [0.29, 0.717) is 18.4 Å². The van der Waals surface area contributed by atoms with Gasteiger partial charge in [-0.1, -0.05) is 38.5 Å². The second kappa shape index (κ2) is 5.50. The van der Waals surface area contributed by atoms with E-state index in [2.05, 4.69) is 0 Å². The van der Waals surface area contributed by atoms with Crippen LogP contribution in [0.15, 0.2) is 0 Å². The molecule has 0 aromatic rings. The Hall–Kier alpha value is -0.0800. The zero-order valence-corrected chi connectivity index (χ0v) is 10.5. The normalized spacial score (nSPS) is 25.9. The minimum atomic E-state index is -0.541. The van der Waals surface area contributed by atoms with Crippen molar-refractivity contribution < 1.29 is 5.11 Å². The first-order chi connectivity index (χ1) is 7.77. The minimum Gasteiger partial charge on any atom is -0.388 e. The van der Waals surface area contributed by atoms with Gasteiger partial charge in [0.15, 0.2) is 0 Å². The molecule has 0 atom stereocenters. The summed E-state index contributed by atoms with van der Waals surface area (Å²) in [6.45, 7) is 0.475. The van der Waals surface area contributed by atoms with Gasteiger partial charge in [-0.15, -0.1) is 0 Å². The molecule has 2 aliphatic rings. The molecule has 2 fully saturated rings. The summed E-state index contributed by atoms with van der Waals surface area (Å²) in [6, 6.07) is 0. The Balaban J connectivity index is 2.03.